The Labute approximate surface area is 143 Å². The molecule has 3 rings (SSSR count). The first kappa shape index (κ1) is 16.5. The molecule has 126 valence electrons. The molecule has 2 aromatic carbocycles. The van der Waals surface area contributed by atoms with Crippen LogP contribution in [0.5, 0.6) is 5.75 Å². The highest BCUT2D eigenvalue weighted by Gasteiger charge is 2.09. The van der Waals surface area contributed by atoms with Crippen molar-refractivity contribution in [1.82, 2.24) is 4.90 Å². The normalized spacial score (nSPS) is 15.2. The Balaban J connectivity index is 1.53. The van der Waals surface area contributed by atoms with E-state index in [-0.39, 0.29) is 0 Å². The monoisotopic (exact) mass is 324 g/mol. The van der Waals surface area contributed by atoms with Crippen LogP contribution in [0.25, 0.3) is 11.1 Å². The third-order valence-electron chi connectivity index (χ3n) is 4.48. The van der Waals surface area contributed by atoms with Crippen LogP contribution in [-0.4, -0.2) is 37.0 Å². The number of primary amides is 1. The van der Waals surface area contributed by atoms with Crippen molar-refractivity contribution in [2.75, 3.05) is 26.2 Å². The van der Waals surface area contributed by atoms with Crippen LogP contribution in [0.3, 0.4) is 0 Å². The number of rotatable bonds is 6. The van der Waals surface area contributed by atoms with Gasteiger partial charge in [0.1, 0.15) is 12.4 Å². The Morgan fingerprint density at radius 3 is 2.08 bits per heavy atom. The molecule has 0 radical (unpaired) electrons. The maximum atomic E-state index is 11.1. The number of piperidine rings is 1. The molecule has 1 amide bonds. The minimum Gasteiger partial charge on any atom is -0.492 e. The van der Waals surface area contributed by atoms with Gasteiger partial charge in [0, 0.05) is 12.1 Å². The Hall–Kier alpha value is -2.33. The molecule has 0 unspecified atom stereocenters. The average molecular weight is 324 g/mol. The van der Waals surface area contributed by atoms with Gasteiger partial charge >= 0.3 is 0 Å². The highest BCUT2D eigenvalue weighted by atomic mass is 16.5. The molecule has 0 spiro atoms. The summed E-state index contributed by atoms with van der Waals surface area (Å²) in [4.78, 5) is 13.6. The number of nitrogens with zero attached hydrogens (tertiary/aromatic N) is 1. The molecule has 0 atom stereocenters. The first-order chi connectivity index (χ1) is 11.7. The minimum atomic E-state index is -0.404. The van der Waals surface area contributed by atoms with Gasteiger partial charge in [0.25, 0.3) is 0 Å². The number of ether oxygens (including phenoxy) is 1. The summed E-state index contributed by atoms with van der Waals surface area (Å²) < 4.78 is 5.85. The van der Waals surface area contributed by atoms with Crippen LogP contribution in [0.1, 0.15) is 29.6 Å². The lowest BCUT2D eigenvalue weighted by Crippen LogP contribution is -2.33. The zero-order valence-electron chi connectivity index (χ0n) is 13.9. The van der Waals surface area contributed by atoms with E-state index in [9.17, 15) is 4.79 Å². The van der Waals surface area contributed by atoms with Crippen molar-refractivity contribution in [2.45, 2.75) is 19.3 Å². The smallest absolute Gasteiger partial charge is 0.248 e. The number of benzene rings is 2. The number of carbonyl (C=O) groups is 1. The summed E-state index contributed by atoms with van der Waals surface area (Å²) in [6, 6.07) is 15.4. The summed E-state index contributed by atoms with van der Waals surface area (Å²) in [6.07, 6.45) is 3.98. The molecule has 0 aromatic heterocycles. The molecule has 0 aliphatic carbocycles. The molecule has 0 bridgehead atoms. The average Bonchev–Trinajstić information content (AvgIpc) is 2.63. The lowest BCUT2D eigenvalue weighted by atomic mass is 10.0. The topological polar surface area (TPSA) is 55.6 Å². The predicted molar refractivity (Wildman–Crippen MR) is 96.2 cm³/mol. The number of likely N-dealkylation sites (tertiary alicyclic amines) is 1. The summed E-state index contributed by atoms with van der Waals surface area (Å²) in [6.45, 7) is 4.12. The molecule has 1 aliphatic heterocycles. The quantitative estimate of drug-likeness (QED) is 0.887. The molecule has 2 N–H and O–H groups in total. The summed E-state index contributed by atoms with van der Waals surface area (Å²) in [7, 11) is 0. The molecular weight excluding hydrogens is 300 g/mol. The van der Waals surface area contributed by atoms with E-state index < -0.39 is 5.91 Å². The highest BCUT2D eigenvalue weighted by molar-refractivity contribution is 5.93. The van der Waals surface area contributed by atoms with Crippen LogP contribution in [-0.2, 0) is 0 Å². The lowest BCUT2D eigenvalue weighted by molar-refractivity contribution is 0.100. The SMILES string of the molecule is NC(=O)c1ccc(-c2ccc(OCCN3CCCCC3)cc2)cc1. The van der Waals surface area contributed by atoms with Gasteiger partial charge in [-0.3, -0.25) is 9.69 Å². The van der Waals surface area contributed by atoms with Crippen molar-refractivity contribution in [1.29, 1.82) is 0 Å². The first-order valence-electron chi connectivity index (χ1n) is 8.58. The van der Waals surface area contributed by atoms with Crippen LogP contribution >= 0.6 is 0 Å². The van der Waals surface area contributed by atoms with Gasteiger partial charge in [0.05, 0.1) is 0 Å². The molecule has 1 heterocycles. The Kier molecular flexibility index (Phi) is 5.49. The largest absolute Gasteiger partial charge is 0.492 e. The Bertz CT molecular complexity index is 659. The first-order valence-corrected chi connectivity index (χ1v) is 8.58. The van der Waals surface area contributed by atoms with Crippen molar-refractivity contribution >= 4 is 5.91 Å². The molecule has 1 saturated heterocycles. The lowest BCUT2D eigenvalue weighted by Gasteiger charge is -2.26. The molecule has 4 nitrogen and oxygen atoms in total. The van der Waals surface area contributed by atoms with Crippen LogP contribution in [0, 0.1) is 0 Å². The van der Waals surface area contributed by atoms with Gasteiger partial charge in [0.15, 0.2) is 0 Å². The number of amides is 1. The molecule has 24 heavy (non-hydrogen) atoms. The van der Waals surface area contributed by atoms with E-state index in [1.807, 2.05) is 36.4 Å². The van der Waals surface area contributed by atoms with E-state index in [4.69, 9.17) is 10.5 Å². The summed E-state index contributed by atoms with van der Waals surface area (Å²) in [5, 5.41) is 0. The molecule has 0 saturated carbocycles. The van der Waals surface area contributed by atoms with Gasteiger partial charge in [-0.2, -0.15) is 0 Å². The fourth-order valence-electron chi connectivity index (χ4n) is 3.05. The van der Waals surface area contributed by atoms with Gasteiger partial charge in [-0.1, -0.05) is 30.7 Å². The second kappa shape index (κ2) is 7.97. The second-order valence-electron chi connectivity index (χ2n) is 6.22. The van der Waals surface area contributed by atoms with Gasteiger partial charge < -0.3 is 10.5 Å². The molecule has 1 aliphatic rings. The van der Waals surface area contributed by atoms with Crippen molar-refractivity contribution in [3.05, 3.63) is 54.1 Å². The highest BCUT2D eigenvalue weighted by Crippen LogP contribution is 2.23. The third-order valence-corrected chi connectivity index (χ3v) is 4.48. The zero-order chi connectivity index (χ0) is 16.8. The summed E-state index contributed by atoms with van der Waals surface area (Å²) >= 11 is 0. The van der Waals surface area contributed by atoms with E-state index in [0.717, 1.165) is 30.0 Å². The third kappa shape index (κ3) is 4.36. The van der Waals surface area contributed by atoms with E-state index in [1.54, 1.807) is 12.1 Å². The zero-order valence-corrected chi connectivity index (χ0v) is 13.9. The maximum absolute atomic E-state index is 11.1. The minimum absolute atomic E-state index is 0.404. The van der Waals surface area contributed by atoms with Crippen LogP contribution < -0.4 is 10.5 Å². The van der Waals surface area contributed by atoms with E-state index >= 15 is 0 Å². The molecule has 2 aromatic rings. The predicted octanol–water partition coefficient (Wildman–Crippen LogP) is 3.32. The van der Waals surface area contributed by atoms with Gasteiger partial charge in [-0.15, -0.1) is 0 Å². The number of hydrogen-bond donors (Lipinski definition) is 1. The second-order valence-corrected chi connectivity index (χ2v) is 6.22. The molecular formula is C20H24N2O2. The van der Waals surface area contributed by atoms with E-state index in [2.05, 4.69) is 4.90 Å². The van der Waals surface area contributed by atoms with E-state index in [0.29, 0.717) is 5.56 Å². The van der Waals surface area contributed by atoms with Crippen LogP contribution in [0.4, 0.5) is 0 Å². The van der Waals surface area contributed by atoms with Crippen molar-refractivity contribution in [3.63, 3.8) is 0 Å². The Morgan fingerprint density at radius 1 is 0.917 bits per heavy atom. The number of nitrogens with two attached hydrogens (primary N) is 1. The number of carbonyl (C=O) groups excluding carboxylic acids is 1. The molecule has 1 fully saturated rings. The van der Waals surface area contributed by atoms with Gasteiger partial charge in [0.2, 0.25) is 5.91 Å². The summed E-state index contributed by atoms with van der Waals surface area (Å²) in [5.41, 5.74) is 7.94. The van der Waals surface area contributed by atoms with Gasteiger partial charge in [-0.25, -0.2) is 0 Å². The Morgan fingerprint density at radius 2 is 1.50 bits per heavy atom. The van der Waals surface area contributed by atoms with Gasteiger partial charge in [-0.05, 0) is 61.3 Å². The van der Waals surface area contributed by atoms with Crippen LogP contribution in [0.2, 0.25) is 0 Å². The fourth-order valence-corrected chi connectivity index (χ4v) is 3.05. The van der Waals surface area contributed by atoms with Crippen molar-refractivity contribution in [2.24, 2.45) is 5.73 Å². The maximum Gasteiger partial charge on any atom is 0.248 e. The van der Waals surface area contributed by atoms with Crippen LogP contribution in [0.15, 0.2) is 48.5 Å². The molecule has 4 heteroatoms. The van der Waals surface area contributed by atoms with E-state index in [1.165, 1.54) is 32.4 Å². The fraction of sp³-hybridized carbons (Fsp3) is 0.350. The standard InChI is InChI=1S/C20H24N2O2/c21-20(23)18-6-4-16(5-7-18)17-8-10-19(11-9-17)24-15-14-22-12-2-1-3-13-22/h4-11H,1-3,12-15H2,(H2,21,23). The van der Waals surface area contributed by atoms with Crippen molar-refractivity contribution in [3.8, 4) is 16.9 Å². The number of hydrogen-bond acceptors (Lipinski definition) is 3. The summed E-state index contributed by atoms with van der Waals surface area (Å²) in [5.74, 6) is 0.489. The van der Waals surface area contributed by atoms with Crippen molar-refractivity contribution < 1.29 is 9.53 Å².